The molecular weight excluding hydrogens is 296 g/mol. The van der Waals surface area contributed by atoms with Crippen LogP contribution in [-0.2, 0) is 9.59 Å². The van der Waals surface area contributed by atoms with Gasteiger partial charge in [0.25, 0.3) is 17.9 Å². The third kappa shape index (κ3) is 3.26. The summed E-state index contributed by atoms with van der Waals surface area (Å²) < 4.78 is 10.8. The largest absolute Gasteiger partial charge is 0.494 e. The summed E-state index contributed by atoms with van der Waals surface area (Å²) in [5, 5.41) is 5.32. The van der Waals surface area contributed by atoms with Crippen LogP contribution in [0, 0.1) is 0 Å². The lowest BCUT2D eigenvalue weighted by Gasteiger charge is -2.24. The number of carbonyl (C=O) groups is 2. The van der Waals surface area contributed by atoms with E-state index in [1.807, 2.05) is 6.92 Å². The topological polar surface area (TPSA) is 76.7 Å². The minimum atomic E-state index is -1.23. The molecule has 2 aromatic carbocycles. The van der Waals surface area contributed by atoms with E-state index < -0.39 is 17.9 Å². The van der Waals surface area contributed by atoms with E-state index in [1.165, 1.54) is 0 Å². The van der Waals surface area contributed by atoms with Gasteiger partial charge in [0.05, 0.1) is 12.3 Å². The molecule has 23 heavy (non-hydrogen) atoms. The van der Waals surface area contributed by atoms with E-state index in [9.17, 15) is 9.59 Å². The van der Waals surface area contributed by atoms with Crippen molar-refractivity contribution in [2.45, 2.75) is 13.0 Å². The lowest BCUT2D eigenvalue weighted by Crippen LogP contribution is -2.45. The van der Waals surface area contributed by atoms with Gasteiger partial charge in [0.2, 0.25) is 0 Å². The Hall–Kier alpha value is -3.02. The molecule has 1 unspecified atom stereocenters. The molecule has 0 fully saturated rings. The molecule has 118 valence electrons. The quantitative estimate of drug-likeness (QED) is 0.850. The maximum absolute atomic E-state index is 12.3. The highest BCUT2D eigenvalue weighted by Crippen LogP contribution is 2.29. The van der Waals surface area contributed by atoms with Crippen molar-refractivity contribution in [1.82, 2.24) is 0 Å². The van der Waals surface area contributed by atoms with Crippen molar-refractivity contribution in [3.8, 4) is 11.5 Å². The first-order valence-corrected chi connectivity index (χ1v) is 7.27. The average molecular weight is 312 g/mol. The smallest absolute Gasteiger partial charge is 0.275 e. The second kappa shape index (κ2) is 6.39. The number of hydrogen-bond acceptors (Lipinski definition) is 4. The predicted molar refractivity (Wildman–Crippen MR) is 85.7 cm³/mol. The molecule has 1 heterocycles. The number of para-hydroxylation sites is 2. The number of fused-ring (bicyclic) bond motifs is 1. The Bertz CT molecular complexity index is 728. The summed E-state index contributed by atoms with van der Waals surface area (Å²) in [5.41, 5.74) is 1.12. The lowest BCUT2D eigenvalue weighted by molar-refractivity contribution is -0.133. The van der Waals surface area contributed by atoms with Crippen LogP contribution in [0.3, 0.4) is 0 Å². The van der Waals surface area contributed by atoms with Crippen molar-refractivity contribution >= 4 is 23.2 Å². The summed E-state index contributed by atoms with van der Waals surface area (Å²) in [4.78, 5) is 24.3. The summed E-state index contributed by atoms with van der Waals surface area (Å²) in [6.45, 7) is 2.47. The molecule has 0 radical (unpaired) electrons. The van der Waals surface area contributed by atoms with Gasteiger partial charge < -0.3 is 20.1 Å². The molecule has 1 aliphatic heterocycles. The maximum Gasteiger partial charge on any atom is 0.275 e. The zero-order valence-electron chi connectivity index (χ0n) is 12.5. The Labute approximate surface area is 133 Å². The standard InChI is InChI=1S/C17H16N2O4/c1-2-22-12-9-7-11(8-10-12)18-16(20)15-17(21)19-13-5-3-4-6-14(13)23-15/h3-10,15H,2H2,1H3,(H,18,20)(H,19,21). The third-order valence-electron chi connectivity index (χ3n) is 3.30. The van der Waals surface area contributed by atoms with Crippen LogP contribution in [0.1, 0.15) is 6.92 Å². The second-order valence-corrected chi connectivity index (χ2v) is 4.93. The number of benzene rings is 2. The molecular formula is C17H16N2O4. The second-order valence-electron chi connectivity index (χ2n) is 4.93. The van der Waals surface area contributed by atoms with E-state index in [1.54, 1.807) is 48.5 Å². The van der Waals surface area contributed by atoms with Gasteiger partial charge in [-0.3, -0.25) is 9.59 Å². The van der Waals surface area contributed by atoms with Crippen molar-refractivity contribution < 1.29 is 19.1 Å². The van der Waals surface area contributed by atoms with E-state index in [0.717, 1.165) is 0 Å². The Kier molecular flexibility index (Phi) is 4.14. The van der Waals surface area contributed by atoms with E-state index >= 15 is 0 Å². The zero-order valence-corrected chi connectivity index (χ0v) is 12.5. The molecule has 0 saturated carbocycles. The summed E-state index contributed by atoms with van der Waals surface area (Å²) in [5.74, 6) is 0.165. The van der Waals surface area contributed by atoms with Gasteiger partial charge >= 0.3 is 0 Å². The van der Waals surface area contributed by atoms with Crippen molar-refractivity contribution in [3.05, 3.63) is 48.5 Å². The Morgan fingerprint density at radius 3 is 2.70 bits per heavy atom. The number of ether oxygens (including phenoxy) is 2. The van der Waals surface area contributed by atoms with Gasteiger partial charge in [-0.15, -0.1) is 0 Å². The summed E-state index contributed by atoms with van der Waals surface area (Å²) in [7, 11) is 0. The number of carbonyl (C=O) groups excluding carboxylic acids is 2. The Morgan fingerprint density at radius 1 is 1.22 bits per heavy atom. The molecule has 0 bridgehead atoms. The van der Waals surface area contributed by atoms with Gasteiger partial charge in [-0.1, -0.05) is 12.1 Å². The van der Waals surface area contributed by atoms with Gasteiger partial charge in [0.15, 0.2) is 0 Å². The minimum absolute atomic E-state index is 0.471. The zero-order chi connectivity index (χ0) is 16.2. The van der Waals surface area contributed by atoms with Gasteiger partial charge in [0.1, 0.15) is 11.5 Å². The number of anilines is 2. The van der Waals surface area contributed by atoms with Crippen LogP contribution in [0.2, 0.25) is 0 Å². The minimum Gasteiger partial charge on any atom is -0.494 e. The van der Waals surface area contributed by atoms with E-state index in [-0.39, 0.29) is 0 Å². The lowest BCUT2D eigenvalue weighted by atomic mass is 10.2. The molecule has 6 heteroatoms. The first-order chi connectivity index (χ1) is 11.2. The van der Waals surface area contributed by atoms with Gasteiger partial charge in [-0.25, -0.2) is 0 Å². The fourth-order valence-electron chi connectivity index (χ4n) is 2.23. The number of rotatable bonds is 4. The first-order valence-electron chi connectivity index (χ1n) is 7.27. The van der Waals surface area contributed by atoms with E-state index in [2.05, 4.69) is 10.6 Å². The van der Waals surface area contributed by atoms with Crippen LogP contribution >= 0.6 is 0 Å². The molecule has 1 aliphatic rings. The SMILES string of the molecule is CCOc1ccc(NC(=O)C2Oc3ccccc3NC2=O)cc1. The van der Waals surface area contributed by atoms with E-state index in [0.29, 0.717) is 29.5 Å². The fourth-order valence-corrected chi connectivity index (χ4v) is 2.23. The predicted octanol–water partition coefficient (Wildman–Crippen LogP) is 2.42. The molecule has 0 spiro atoms. The summed E-state index contributed by atoms with van der Waals surface area (Å²) in [6, 6.07) is 13.9. The molecule has 2 amide bonds. The Morgan fingerprint density at radius 2 is 1.96 bits per heavy atom. The molecule has 2 N–H and O–H groups in total. The van der Waals surface area contributed by atoms with Gasteiger partial charge in [0, 0.05) is 5.69 Å². The highest BCUT2D eigenvalue weighted by molar-refractivity contribution is 6.15. The number of hydrogen-bond donors (Lipinski definition) is 2. The first kappa shape index (κ1) is 14.9. The molecule has 6 nitrogen and oxygen atoms in total. The highest BCUT2D eigenvalue weighted by atomic mass is 16.5. The number of nitrogens with one attached hydrogen (secondary N) is 2. The molecule has 2 aromatic rings. The Balaban J connectivity index is 1.70. The van der Waals surface area contributed by atoms with E-state index in [4.69, 9.17) is 9.47 Å². The normalized spacial score (nSPS) is 15.9. The third-order valence-corrected chi connectivity index (χ3v) is 3.30. The molecule has 0 aromatic heterocycles. The van der Waals surface area contributed by atoms with Crippen LogP contribution < -0.4 is 20.1 Å². The van der Waals surface area contributed by atoms with Crippen LogP contribution in [0.15, 0.2) is 48.5 Å². The van der Waals surface area contributed by atoms with Crippen molar-refractivity contribution in [1.29, 1.82) is 0 Å². The van der Waals surface area contributed by atoms with Crippen molar-refractivity contribution in [3.63, 3.8) is 0 Å². The van der Waals surface area contributed by atoms with Crippen molar-refractivity contribution in [2.75, 3.05) is 17.2 Å². The van der Waals surface area contributed by atoms with Crippen LogP contribution in [-0.4, -0.2) is 24.5 Å². The number of amides is 2. The summed E-state index contributed by atoms with van der Waals surface area (Å²) in [6.07, 6.45) is -1.23. The van der Waals surface area contributed by atoms with Gasteiger partial charge in [-0.2, -0.15) is 0 Å². The molecule has 1 atom stereocenters. The maximum atomic E-state index is 12.3. The van der Waals surface area contributed by atoms with Crippen molar-refractivity contribution in [2.24, 2.45) is 0 Å². The average Bonchev–Trinajstić information content (AvgIpc) is 2.56. The monoisotopic (exact) mass is 312 g/mol. The summed E-state index contributed by atoms with van der Waals surface area (Å²) >= 11 is 0. The highest BCUT2D eigenvalue weighted by Gasteiger charge is 2.33. The fraction of sp³-hybridized carbons (Fsp3) is 0.176. The molecule has 0 aliphatic carbocycles. The molecule has 3 rings (SSSR count). The van der Waals surface area contributed by atoms with Crippen LogP contribution in [0.25, 0.3) is 0 Å². The van der Waals surface area contributed by atoms with Gasteiger partial charge in [-0.05, 0) is 43.3 Å². The molecule has 0 saturated heterocycles. The van der Waals surface area contributed by atoms with Crippen LogP contribution in [0.5, 0.6) is 11.5 Å². The van der Waals surface area contributed by atoms with Crippen LogP contribution in [0.4, 0.5) is 11.4 Å².